The van der Waals surface area contributed by atoms with Crippen molar-refractivity contribution in [2.24, 2.45) is 0 Å². The largest absolute Gasteiger partial charge is 0.354 e. The minimum absolute atomic E-state index is 0.240. The summed E-state index contributed by atoms with van der Waals surface area (Å²) in [6.07, 6.45) is 6.58. The Morgan fingerprint density at radius 2 is 2.32 bits per heavy atom. The van der Waals surface area contributed by atoms with Gasteiger partial charge >= 0.3 is 0 Å². The number of aryl methyl sites for hydroxylation is 2. The maximum Gasteiger partial charge on any atom is 0.149 e. The van der Waals surface area contributed by atoms with Crippen LogP contribution >= 0.6 is 0 Å². The SMILES string of the molecule is CCn1ccc(CNC(C)c2nnc3n2CCC3)c1. The Morgan fingerprint density at radius 3 is 3.11 bits per heavy atom. The molecule has 5 nitrogen and oxygen atoms in total. The highest BCUT2D eigenvalue weighted by molar-refractivity contribution is 5.11. The van der Waals surface area contributed by atoms with E-state index in [4.69, 9.17) is 0 Å². The van der Waals surface area contributed by atoms with Crippen molar-refractivity contribution in [1.29, 1.82) is 0 Å². The summed E-state index contributed by atoms with van der Waals surface area (Å²) in [6, 6.07) is 2.40. The van der Waals surface area contributed by atoms with Gasteiger partial charge in [-0.25, -0.2) is 0 Å². The average molecular weight is 259 g/mol. The molecule has 0 saturated heterocycles. The fraction of sp³-hybridized carbons (Fsp3) is 0.571. The number of hydrogen-bond acceptors (Lipinski definition) is 3. The van der Waals surface area contributed by atoms with Gasteiger partial charge < -0.3 is 14.5 Å². The van der Waals surface area contributed by atoms with E-state index in [1.54, 1.807) is 0 Å². The van der Waals surface area contributed by atoms with Crippen molar-refractivity contribution in [3.63, 3.8) is 0 Å². The highest BCUT2D eigenvalue weighted by Gasteiger charge is 2.20. The molecule has 0 radical (unpaired) electrons. The molecular formula is C14H21N5. The molecule has 0 amide bonds. The fourth-order valence-electron chi connectivity index (χ4n) is 2.65. The number of aromatic nitrogens is 4. The number of hydrogen-bond donors (Lipinski definition) is 1. The molecule has 1 N–H and O–H groups in total. The van der Waals surface area contributed by atoms with Gasteiger partial charge in [0.15, 0.2) is 0 Å². The Labute approximate surface area is 113 Å². The van der Waals surface area contributed by atoms with E-state index in [-0.39, 0.29) is 6.04 Å². The van der Waals surface area contributed by atoms with Crippen LogP contribution in [0.1, 0.15) is 43.5 Å². The summed E-state index contributed by atoms with van der Waals surface area (Å²) in [6.45, 7) is 7.27. The zero-order chi connectivity index (χ0) is 13.2. The molecule has 102 valence electrons. The van der Waals surface area contributed by atoms with Gasteiger partial charge in [0.1, 0.15) is 11.6 Å². The van der Waals surface area contributed by atoms with Crippen LogP contribution in [0.4, 0.5) is 0 Å². The zero-order valence-electron chi connectivity index (χ0n) is 11.6. The first-order valence-corrected chi connectivity index (χ1v) is 7.08. The minimum atomic E-state index is 0.240. The van der Waals surface area contributed by atoms with Gasteiger partial charge in [-0.2, -0.15) is 0 Å². The second kappa shape index (κ2) is 5.17. The Morgan fingerprint density at radius 1 is 1.42 bits per heavy atom. The minimum Gasteiger partial charge on any atom is -0.354 e. The van der Waals surface area contributed by atoms with Crippen molar-refractivity contribution < 1.29 is 0 Å². The predicted molar refractivity (Wildman–Crippen MR) is 73.7 cm³/mol. The first-order valence-electron chi connectivity index (χ1n) is 7.08. The summed E-state index contributed by atoms with van der Waals surface area (Å²) in [5, 5.41) is 12.1. The smallest absolute Gasteiger partial charge is 0.149 e. The van der Waals surface area contributed by atoms with Crippen LogP contribution in [-0.2, 0) is 26.1 Å². The zero-order valence-corrected chi connectivity index (χ0v) is 11.6. The Bertz CT molecular complexity index is 554. The van der Waals surface area contributed by atoms with Crippen LogP contribution in [0.3, 0.4) is 0 Å². The maximum atomic E-state index is 4.32. The summed E-state index contributed by atoms with van der Waals surface area (Å²) in [4.78, 5) is 0. The molecule has 0 aromatic carbocycles. The standard InChI is InChI=1S/C14H21N5/c1-3-18-8-6-12(10-18)9-15-11(2)14-17-16-13-5-4-7-19(13)14/h6,8,10-11,15H,3-5,7,9H2,1-2H3. The molecule has 19 heavy (non-hydrogen) atoms. The molecule has 1 unspecified atom stereocenters. The van der Waals surface area contributed by atoms with E-state index >= 15 is 0 Å². The van der Waals surface area contributed by atoms with Crippen molar-refractivity contribution in [3.05, 3.63) is 35.7 Å². The number of fused-ring (bicyclic) bond motifs is 1. The van der Waals surface area contributed by atoms with E-state index < -0.39 is 0 Å². The van der Waals surface area contributed by atoms with Crippen LogP contribution in [0.15, 0.2) is 18.5 Å². The van der Waals surface area contributed by atoms with Crippen LogP contribution in [0.25, 0.3) is 0 Å². The van der Waals surface area contributed by atoms with Gasteiger partial charge in [0.05, 0.1) is 6.04 Å². The van der Waals surface area contributed by atoms with Gasteiger partial charge in [-0.3, -0.25) is 0 Å². The van der Waals surface area contributed by atoms with E-state index in [2.05, 4.69) is 57.0 Å². The number of nitrogens with one attached hydrogen (secondary N) is 1. The second-order valence-electron chi connectivity index (χ2n) is 5.18. The monoisotopic (exact) mass is 259 g/mol. The first-order chi connectivity index (χ1) is 9.28. The molecule has 2 aromatic rings. The van der Waals surface area contributed by atoms with Crippen molar-refractivity contribution >= 4 is 0 Å². The van der Waals surface area contributed by atoms with E-state index in [1.165, 1.54) is 12.0 Å². The topological polar surface area (TPSA) is 47.7 Å². The summed E-state index contributed by atoms with van der Waals surface area (Å²) in [7, 11) is 0. The Hall–Kier alpha value is -1.62. The number of nitrogens with zero attached hydrogens (tertiary/aromatic N) is 4. The van der Waals surface area contributed by atoms with Crippen molar-refractivity contribution in [2.45, 2.75) is 52.4 Å². The molecule has 5 heteroatoms. The lowest BCUT2D eigenvalue weighted by Crippen LogP contribution is -2.21. The highest BCUT2D eigenvalue weighted by atomic mass is 15.3. The molecule has 0 fully saturated rings. The van der Waals surface area contributed by atoms with Crippen molar-refractivity contribution in [3.8, 4) is 0 Å². The molecule has 0 bridgehead atoms. The van der Waals surface area contributed by atoms with Gasteiger partial charge in [-0.1, -0.05) is 0 Å². The van der Waals surface area contributed by atoms with Gasteiger partial charge in [0.25, 0.3) is 0 Å². The predicted octanol–water partition coefficient (Wildman–Crippen LogP) is 1.90. The fourth-order valence-corrected chi connectivity index (χ4v) is 2.65. The first kappa shape index (κ1) is 12.4. The third-order valence-corrected chi connectivity index (χ3v) is 3.81. The van der Waals surface area contributed by atoms with Gasteiger partial charge in [-0.05, 0) is 31.9 Å². The van der Waals surface area contributed by atoms with Gasteiger partial charge in [0, 0.05) is 38.4 Å². The van der Waals surface area contributed by atoms with E-state index in [1.807, 2.05) is 0 Å². The molecule has 0 spiro atoms. The summed E-state index contributed by atoms with van der Waals surface area (Å²) < 4.78 is 4.45. The highest BCUT2D eigenvalue weighted by Crippen LogP contribution is 2.19. The molecule has 3 rings (SSSR count). The number of rotatable bonds is 5. The van der Waals surface area contributed by atoms with Crippen LogP contribution < -0.4 is 5.32 Å². The van der Waals surface area contributed by atoms with E-state index in [0.717, 1.165) is 37.7 Å². The van der Waals surface area contributed by atoms with Crippen molar-refractivity contribution in [1.82, 2.24) is 24.6 Å². The third-order valence-electron chi connectivity index (χ3n) is 3.81. The lowest BCUT2D eigenvalue weighted by atomic mass is 10.2. The van der Waals surface area contributed by atoms with E-state index in [9.17, 15) is 0 Å². The third kappa shape index (κ3) is 2.42. The van der Waals surface area contributed by atoms with Gasteiger partial charge in [-0.15, -0.1) is 10.2 Å². The van der Waals surface area contributed by atoms with Crippen LogP contribution in [0.5, 0.6) is 0 Å². The molecule has 0 saturated carbocycles. The molecule has 1 atom stereocenters. The van der Waals surface area contributed by atoms with E-state index in [0.29, 0.717) is 0 Å². The molecule has 0 aliphatic carbocycles. The molecule has 1 aliphatic rings. The summed E-state index contributed by atoms with van der Waals surface area (Å²) >= 11 is 0. The summed E-state index contributed by atoms with van der Waals surface area (Å²) in [5.41, 5.74) is 1.31. The molecular weight excluding hydrogens is 238 g/mol. The summed E-state index contributed by atoms with van der Waals surface area (Å²) in [5.74, 6) is 2.21. The molecule has 2 aromatic heterocycles. The lowest BCUT2D eigenvalue weighted by molar-refractivity contribution is 0.515. The normalized spacial score (nSPS) is 15.7. The van der Waals surface area contributed by atoms with Crippen LogP contribution in [-0.4, -0.2) is 19.3 Å². The van der Waals surface area contributed by atoms with Crippen LogP contribution in [0, 0.1) is 0 Å². The lowest BCUT2D eigenvalue weighted by Gasteiger charge is -2.13. The van der Waals surface area contributed by atoms with Gasteiger partial charge in [0.2, 0.25) is 0 Å². The average Bonchev–Trinajstić information content (AvgIpc) is 3.11. The van der Waals surface area contributed by atoms with Crippen molar-refractivity contribution in [2.75, 3.05) is 0 Å². The Balaban J connectivity index is 1.63. The maximum absolute atomic E-state index is 4.32. The second-order valence-corrected chi connectivity index (χ2v) is 5.18. The molecule has 1 aliphatic heterocycles. The molecule has 3 heterocycles. The quantitative estimate of drug-likeness (QED) is 0.892. The Kier molecular flexibility index (Phi) is 3.38. The van der Waals surface area contributed by atoms with Crippen LogP contribution in [0.2, 0.25) is 0 Å².